The number of anilines is 1. The second kappa shape index (κ2) is 6.50. The third-order valence-corrected chi connectivity index (χ3v) is 6.99. The molecule has 0 saturated carbocycles. The van der Waals surface area contributed by atoms with Gasteiger partial charge in [0.05, 0.1) is 17.3 Å². The van der Waals surface area contributed by atoms with Gasteiger partial charge in [0.2, 0.25) is 0 Å². The van der Waals surface area contributed by atoms with Crippen molar-refractivity contribution in [2.45, 2.75) is 31.8 Å². The first-order valence-electron chi connectivity index (χ1n) is 10.8. The molecule has 6 rings (SSSR count). The number of aryl methyl sites for hydroxylation is 1. The van der Waals surface area contributed by atoms with Crippen LogP contribution in [0.15, 0.2) is 72.8 Å². The Kier molecular flexibility index (Phi) is 3.76. The number of nitrogens with zero attached hydrogens (tertiary/aromatic N) is 2. The summed E-state index contributed by atoms with van der Waals surface area (Å²) in [6.45, 7) is 3.16. The number of aromatic nitrogens is 1. The van der Waals surface area contributed by atoms with Gasteiger partial charge in [-0.05, 0) is 54.7 Å². The summed E-state index contributed by atoms with van der Waals surface area (Å²) in [5, 5.41) is 16.1. The SMILES string of the molecule is CCn1c2ccccc2c2cc(C3Nc4c(C#N)cccc4C4C=CCC43)ccc21. The predicted octanol–water partition coefficient (Wildman–Crippen LogP) is 6.51. The fourth-order valence-electron chi connectivity index (χ4n) is 5.65. The van der Waals surface area contributed by atoms with Gasteiger partial charge in [-0.15, -0.1) is 0 Å². The van der Waals surface area contributed by atoms with Crippen LogP contribution in [0.1, 0.15) is 42.0 Å². The summed E-state index contributed by atoms with van der Waals surface area (Å²) in [6.07, 6.45) is 5.70. The number of benzene rings is 3. The van der Waals surface area contributed by atoms with Gasteiger partial charge in [-0.3, -0.25) is 0 Å². The summed E-state index contributed by atoms with van der Waals surface area (Å²) >= 11 is 0. The highest BCUT2D eigenvalue weighted by atomic mass is 15.0. The van der Waals surface area contributed by atoms with Crippen LogP contribution >= 0.6 is 0 Å². The number of hydrogen-bond acceptors (Lipinski definition) is 2. The molecule has 4 aromatic rings. The van der Waals surface area contributed by atoms with Gasteiger partial charge in [0.15, 0.2) is 0 Å². The minimum atomic E-state index is 0.195. The van der Waals surface area contributed by atoms with Gasteiger partial charge in [0.25, 0.3) is 0 Å². The molecule has 0 radical (unpaired) electrons. The van der Waals surface area contributed by atoms with Crippen LogP contribution in [0.4, 0.5) is 5.69 Å². The van der Waals surface area contributed by atoms with Crippen LogP contribution in [-0.4, -0.2) is 4.57 Å². The maximum Gasteiger partial charge on any atom is 0.101 e. The van der Waals surface area contributed by atoms with Crippen LogP contribution in [0.2, 0.25) is 0 Å². The maximum absolute atomic E-state index is 9.67. The molecule has 0 saturated heterocycles. The van der Waals surface area contributed by atoms with E-state index in [1.165, 1.54) is 32.9 Å². The van der Waals surface area contributed by atoms with Gasteiger partial charge in [-0.2, -0.15) is 5.26 Å². The van der Waals surface area contributed by atoms with Crippen molar-refractivity contribution in [3.8, 4) is 6.07 Å². The summed E-state index contributed by atoms with van der Waals surface area (Å²) in [5.74, 6) is 0.843. The van der Waals surface area contributed by atoms with Crippen LogP contribution in [0.25, 0.3) is 21.8 Å². The van der Waals surface area contributed by atoms with E-state index in [-0.39, 0.29) is 6.04 Å². The quantitative estimate of drug-likeness (QED) is 0.397. The average Bonchev–Trinajstić information content (AvgIpc) is 3.41. The van der Waals surface area contributed by atoms with Crippen molar-refractivity contribution in [2.75, 3.05) is 5.32 Å². The predicted molar refractivity (Wildman–Crippen MR) is 123 cm³/mol. The molecule has 1 N–H and O–H groups in total. The van der Waals surface area contributed by atoms with E-state index in [1.54, 1.807) is 0 Å². The minimum Gasteiger partial charge on any atom is -0.377 e. The molecule has 3 heteroatoms. The number of nitrogens with one attached hydrogen (secondary N) is 1. The molecule has 3 aromatic carbocycles. The number of hydrogen-bond donors (Lipinski definition) is 1. The largest absolute Gasteiger partial charge is 0.377 e. The summed E-state index contributed by atoms with van der Waals surface area (Å²) in [6, 6.07) is 24.3. The summed E-state index contributed by atoms with van der Waals surface area (Å²) < 4.78 is 2.39. The zero-order valence-corrected chi connectivity index (χ0v) is 17.0. The van der Waals surface area contributed by atoms with Crippen LogP contribution in [0.3, 0.4) is 0 Å². The van der Waals surface area contributed by atoms with Crippen LogP contribution < -0.4 is 5.32 Å². The van der Waals surface area contributed by atoms with E-state index >= 15 is 0 Å². The molecule has 0 spiro atoms. The minimum absolute atomic E-state index is 0.195. The molecule has 30 heavy (non-hydrogen) atoms. The fourth-order valence-corrected chi connectivity index (χ4v) is 5.65. The van der Waals surface area contributed by atoms with Crippen LogP contribution in [0, 0.1) is 17.2 Å². The molecule has 1 aliphatic heterocycles. The lowest BCUT2D eigenvalue weighted by Gasteiger charge is -2.38. The number of rotatable bonds is 2. The van der Waals surface area contributed by atoms with E-state index in [0.717, 1.165) is 24.2 Å². The van der Waals surface area contributed by atoms with Crippen molar-refractivity contribution in [3.63, 3.8) is 0 Å². The monoisotopic (exact) mass is 389 g/mol. The lowest BCUT2D eigenvalue weighted by atomic mass is 9.76. The molecule has 3 unspecified atom stereocenters. The van der Waals surface area contributed by atoms with E-state index < -0.39 is 0 Å². The Hall–Kier alpha value is -3.51. The van der Waals surface area contributed by atoms with Crippen LogP contribution in [0.5, 0.6) is 0 Å². The maximum atomic E-state index is 9.67. The number of allylic oxidation sites excluding steroid dienone is 2. The van der Waals surface area contributed by atoms with Crippen molar-refractivity contribution in [1.82, 2.24) is 4.57 Å². The summed E-state index contributed by atoms with van der Waals surface area (Å²) in [4.78, 5) is 0. The van der Waals surface area contributed by atoms with E-state index in [2.05, 4.69) is 83.6 Å². The Morgan fingerprint density at radius 2 is 1.90 bits per heavy atom. The zero-order valence-electron chi connectivity index (χ0n) is 17.0. The van der Waals surface area contributed by atoms with Crippen molar-refractivity contribution < 1.29 is 0 Å². The van der Waals surface area contributed by atoms with Gasteiger partial charge in [-0.1, -0.05) is 48.6 Å². The Balaban J connectivity index is 1.54. The molecule has 0 bridgehead atoms. The summed E-state index contributed by atoms with van der Waals surface area (Å²) in [7, 11) is 0. The van der Waals surface area contributed by atoms with E-state index in [1.807, 2.05) is 12.1 Å². The first-order chi connectivity index (χ1) is 14.8. The smallest absolute Gasteiger partial charge is 0.101 e. The zero-order chi connectivity index (χ0) is 20.2. The Labute approximate surface area is 176 Å². The summed E-state index contributed by atoms with van der Waals surface area (Å²) in [5.41, 5.74) is 6.89. The van der Waals surface area contributed by atoms with Gasteiger partial charge in [0, 0.05) is 34.3 Å². The topological polar surface area (TPSA) is 40.8 Å². The highest BCUT2D eigenvalue weighted by molar-refractivity contribution is 6.08. The Bertz CT molecular complexity index is 1370. The van der Waals surface area contributed by atoms with Crippen molar-refractivity contribution in [1.29, 1.82) is 5.26 Å². The molecule has 0 fully saturated rings. The molecule has 3 nitrogen and oxygen atoms in total. The molecule has 0 amide bonds. The molecule has 1 aromatic heterocycles. The highest BCUT2D eigenvalue weighted by Crippen LogP contribution is 2.51. The molecule has 2 heterocycles. The third kappa shape index (κ3) is 2.31. The third-order valence-electron chi connectivity index (χ3n) is 6.99. The van der Waals surface area contributed by atoms with Crippen molar-refractivity contribution in [3.05, 3.63) is 89.5 Å². The molecular formula is C27H23N3. The Morgan fingerprint density at radius 1 is 1.03 bits per heavy atom. The molecule has 1 aliphatic carbocycles. The normalized spacial score (nSPS) is 21.9. The van der Waals surface area contributed by atoms with Crippen molar-refractivity contribution >= 4 is 27.5 Å². The average molecular weight is 390 g/mol. The van der Waals surface area contributed by atoms with Gasteiger partial charge in [-0.25, -0.2) is 0 Å². The van der Waals surface area contributed by atoms with Gasteiger partial charge < -0.3 is 9.88 Å². The van der Waals surface area contributed by atoms with Crippen molar-refractivity contribution in [2.24, 2.45) is 5.92 Å². The van der Waals surface area contributed by atoms with E-state index in [9.17, 15) is 5.26 Å². The van der Waals surface area contributed by atoms with E-state index in [0.29, 0.717) is 11.8 Å². The molecular weight excluding hydrogens is 366 g/mol. The first kappa shape index (κ1) is 17.4. The second-order valence-electron chi connectivity index (χ2n) is 8.40. The fraction of sp³-hybridized carbons (Fsp3) is 0.222. The van der Waals surface area contributed by atoms with E-state index in [4.69, 9.17) is 0 Å². The van der Waals surface area contributed by atoms with Gasteiger partial charge >= 0.3 is 0 Å². The highest BCUT2D eigenvalue weighted by Gasteiger charge is 2.38. The second-order valence-corrected chi connectivity index (χ2v) is 8.40. The number of fused-ring (bicyclic) bond motifs is 6. The molecule has 3 atom stereocenters. The number of para-hydroxylation sites is 2. The van der Waals surface area contributed by atoms with Crippen LogP contribution in [-0.2, 0) is 6.54 Å². The lowest BCUT2D eigenvalue weighted by molar-refractivity contribution is 0.425. The number of nitriles is 1. The molecule has 2 aliphatic rings. The molecule has 146 valence electrons. The lowest BCUT2D eigenvalue weighted by Crippen LogP contribution is -2.29. The standard InChI is InChI=1S/C27H23N3/c1-2-30-24-12-4-3-8-20(24)23-15-17(13-14-25(23)30)26-21-11-6-9-19(21)22-10-5-7-18(16-28)27(22)29-26/h3-10,12-15,19,21,26,29H,2,11H2,1H3. The van der Waals surface area contributed by atoms with Gasteiger partial charge in [0.1, 0.15) is 6.07 Å². The Morgan fingerprint density at radius 3 is 2.77 bits per heavy atom. The first-order valence-corrected chi connectivity index (χ1v) is 10.8.